The van der Waals surface area contributed by atoms with Gasteiger partial charge in [0.05, 0.1) is 38.3 Å². The smallest absolute Gasteiger partial charge is 0.168 e. The quantitative estimate of drug-likeness (QED) is 0.449. The van der Waals surface area contributed by atoms with Crippen LogP contribution in [0.5, 0.6) is 11.5 Å². The molecule has 1 aliphatic rings. The Morgan fingerprint density at radius 2 is 2.03 bits per heavy atom. The second-order valence-electron chi connectivity index (χ2n) is 7.31. The molecule has 4 rings (SSSR count). The summed E-state index contributed by atoms with van der Waals surface area (Å²) >= 11 is 3.38. The summed E-state index contributed by atoms with van der Waals surface area (Å²) in [4.78, 5) is 9.62. The Labute approximate surface area is 185 Å². The van der Waals surface area contributed by atoms with Crippen molar-refractivity contribution in [1.29, 1.82) is 0 Å². The Morgan fingerprint density at radius 3 is 2.77 bits per heavy atom. The molecular weight excluding hydrogens is 418 g/mol. The average molecular weight is 446 g/mol. The van der Waals surface area contributed by atoms with Crippen LogP contribution >= 0.6 is 23.1 Å². The number of methoxy groups -OCH3 is 2. The van der Waals surface area contributed by atoms with Crippen molar-refractivity contribution in [3.05, 3.63) is 40.7 Å². The third-order valence-corrected chi connectivity index (χ3v) is 7.31. The minimum absolute atomic E-state index is 0.299. The van der Waals surface area contributed by atoms with Crippen LogP contribution in [0.15, 0.2) is 28.7 Å². The Bertz CT molecular complexity index is 1010. The van der Waals surface area contributed by atoms with E-state index in [9.17, 15) is 0 Å². The van der Waals surface area contributed by atoms with Crippen molar-refractivity contribution in [2.24, 2.45) is 0 Å². The molecule has 160 valence electrons. The third kappa shape index (κ3) is 4.50. The van der Waals surface area contributed by atoms with Gasteiger partial charge in [0.15, 0.2) is 16.7 Å². The number of imidazole rings is 1. The zero-order valence-corrected chi connectivity index (χ0v) is 19.4. The van der Waals surface area contributed by atoms with Gasteiger partial charge >= 0.3 is 0 Å². The number of nitrogens with zero attached hydrogens (tertiary/aromatic N) is 3. The molecule has 0 spiro atoms. The van der Waals surface area contributed by atoms with Crippen LogP contribution in [-0.2, 0) is 17.0 Å². The Kier molecular flexibility index (Phi) is 6.65. The Balaban J connectivity index is 1.47. The monoisotopic (exact) mass is 445 g/mol. The number of rotatable bonds is 8. The van der Waals surface area contributed by atoms with Gasteiger partial charge in [-0.1, -0.05) is 11.8 Å². The van der Waals surface area contributed by atoms with Crippen molar-refractivity contribution in [2.75, 3.05) is 20.8 Å². The molecule has 1 aromatic carbocycles. The number of benzene rings is 1. The lowest BCUT2D eigenvalue weighted by molar-refractivity contribution is 0.0945. The zero-order chi connectivity index (χ0) is 21.1. The lowest BCUT2D eigenvalue weighted by Gasteiger charge is -2.14. The third-order valence-electron chi connectivity index (χ3n) is 5.36. The molecular formula is C22H27N3O3S2. The van der Waals surface area contributed by atoms with Crippen LogP contribution in [0.3, 0.4) is 0 Å². The van der Waals surface area contributed by atoms with E-state index in [1.54, 1.807) is 37.3 Å². The van der Waals surface area contributed by atoms with E-state index in [2.05, 4.69) is 23.8 Å². The molecule has 3 aromatic rings. The fourth-order valence-electron chi connectivity index (χ4n) is 3.55. The Morgan fingerprint density at radius 1 is 1.20 bits per heavy atom. The Hall–Kier alpha value is -2.03. The van der Waals surface area contributed by atoms with Gasteiger partial charge in [0, 0.05) is 29.0 Å². The highest BCUT2D eigenvalue weighted by Crippen LogP contribution is 2.34. The summed E-state index contributed by atoms with van der Waals surface area (Å²) in [5.74, 6) is 2.21. The van der Waals surface area contributed by atoms with E-state index in [0.717, 1.165) is 64.6 Å². The first kappa shape index (κ1) is 21.2. The maximum absolute atomic E-state index is 5.84. The van der Waals surface area contributed by atoms with Gasteiger partial charge < -0.3 is 18.8 Å². The number of thioether (sulfide) groups is 1. The van der Waals surface area contributed by atoms with Crippen LogP contribution in [0.25, 0.3) is 10.6 Å². The van der Waals surface area contributed by atoms with E-state index in [1.165, 1.54) is 5.69 Å². The first-order valence-corrected chi connectivity index (χ1v) is 11.9. The molecule has 1 atom stereocenters. The molecule has 6 nitrogen and oxygen atoms in total. The molecule has 1 fully saturated rings. The van der Waals surface area contributed by atoms with E-state index >= 15 is 0 Å². The summed E-state index contributed by atoms with van der Waals surface area (Å²) in [5.41, 5.74) is 4.38. The molecule has 0 amide bonds. The first-order chi connectivity index (χ1) is 14.6. The molecule has 30 heavy (non-hydrogen) atoms. The maximum Gasteiger partial charge on any atom is 0.168 e. The van der Waals surface area contributed by atoms with Crippen molar-refractivity contribution in [3.8, 4) is 22.1 Å². The second kappa shape index (κ2) is 9.41. The van der Waals surface area contributed by atoms with Crippen LogP contribution in [-0.4, -0.2) is 41.5 Å². The molecule has 1 unspecified atom stereocenters. The highest BCUT2D eigenvalue weighted by Gasteiger charge is 2.20. The van der Waals surface area contributed by atoms with Crippen molar-refractivity contribution < 1.29 is 14.2 Å². The molecule has 0 radical (unpaired) electrons. The highest BCUT2D eigenvalue weighted by molar-refractivity contribution is 7.98. The molecule has 1 aliphatic heterocycles. The van der Waals surface area contributed by atoms with E-state index in [4.69, 9.17) is 24.2 Å². The van der Waals surface area contributed by atoms with Gasteiger partial charge in [-0.3, -0.25) is 0 Å². The predicted molar refractivity (Wildman–Crippen MR) is 121 cm³/mol. The minimum atomic E-state index is 0.299. The second-order valence-corrected chi connectivity index (χ2v) is 9.11. The summed E-state index contributed by atoms with van der Waals surface area (Å²) in [7, 11) is 3.29. The van der Waals surface area contributed by atoms with Gasteiger partial charge in [-0.15, -0.1) is 11.3 Å². The van der Waals surface area contributed by atoms with Crippen LogP contribution in [0, 0.1) is 13.8 Å². The molecule has 8 heteroatoms. The SMILES string of the molecule is COc1ccc(-c2nc(CSc3nc(C)c(C)n3CC3CCCO3)cs2)cc1OC. The summed E-state index contributed by atoms with van der Waals surface area (Å²) < 4.78 is 18.9. The number of thiazole rings is 1. The zero-order valence-electron chi connectivity index (χ0n) is 17.8. The van der Waals surface area contributed by atoms with Crippen LogP contribution in [0.4, 0.5) is 0 Å². The van der Waals surface area contributed by atoms with Crippen LogP contribution in [0.2, 0.25) is 0 Å². The van der Waals surface area contributed by atoms with Gasteiger partial charge in [0.2, 0.25) is 0 Å². The highest BCUT2D eigenvalue weighted by atomic mass is 32.2. The first-order valence-electron chi connectivity index (χ1n) is 10.0. The lowest BCUT2D eigenvalue weighted by Crippen LogP contribution is -2.16. The maximum atomic E-state index is 5.84. The number of hydrogen-bond donors (Lipinski definition) is 0. The van der Waals surface area contributed by atoms with E-state index in [-0.39, 0.29) is 0 Å². The van der Waals surface area contributed by atoms with E-state index < -0.39 is 0 Å². The van der Waals surface area contributed by atoms with E-state index in [1.807, 2.05) is 18.2 Å². The van der Waals surface area contributed by atoms with Crippen molar-refractivity contribution in [1.82, 2.24) is 14.5 Å². The molecule has 0 aliphatic carbocycles. The molecule has 3 heterocycles. The lowest BCUT2D eigenvalue weighted by atomic mass is 10.2. The molecule has 0 saturated carbocycles. The van der Waals surface area contributed by atoms with Gasteiger partial charge in [0.1, 0.15) is 5.01 Å². The van der Waals surface area contributed by atoms with Gasteiger partial charge in [-0.2, -0.15) is 0 Å². The van der Waals surface area contributed by atoms with Crippen molar-refractivity contribution in [2.45, 2.75) is 50.2 Å². The summed E-state index contributed by atoms with van der Waals surface area (Å²) in [6.45, 7) is 5.96. The van der Waals surface area contributed by atoms with Crippen molar-refractivity contribution >= 4 is 23.1 Å². The number of aryl methyl sites for hydroxylation is 1. The topological polar surface area (TPSA) is 58.4 Å². The normalized spacial score (nSPS) is 16.2. The summed E-state index contributed by atoms with van der Waals surface area (Å²) in [5, 5.41) is 4.13. The van der Waals surface area contributed by atoms with Gasteiger partial charge in [-0.05, 0) is 44.9 Å². The summed E-state index contributed by atoms with van der Waals surface area (Å²) in [6.07, 6.45) is 2.58. The van der Waals surface area contributed by atoms with E-state index in [0.29, 0.717) is 11.9 Å². The predicted octanol–water partition coefficient (Wildman–Crippen LogP) is 5.11. The molecule has 1 saturated heterocycles. The number of ether oxygens (including phenoxy) is 3. The number of aromatic nitrogens is 3. The molecule has 2 aromatic heterocycles. The van der Waals surface area contributed by atoms with Crippen molar-refractivity contribution in [3.63, 3.8) is 0 Å². The van der Waals surface area contributed by atoms with Gasteiger partial charge in [0.25, 0.3) is 0 Å². The molecule has 0 bridgehead atoms. The fourth-order valence-corrected chi connectivity index (χ4v) is 5.47. The minimum Gasteiger partial charge on any atom is -0.493 e. The average Bonchev–Trinajstić information content (AvgIpc) is 3.50. The van der Waals surface area contributed by atoms with Crippen LogP contribution in [0.1, 0.15) is 29.9 Å². The van der Waals surface area contributed by atoms with Crippen LogP contribution < -0.4 is 9.47 Å². The fraction of sp³-hybridized carbons (Fsp3) is 0.455. The van der Waals surface area contributed by atoms with Gasteiger partial charge in [-0.25, -0.2) is 9.97 Å². The molecule has 0 N–H and O–H groups in total. The number of hydrogen-bond acceptors (Lipinski definition) is 7. The summed E-state index contributed by atoms with van der Waals surface area (Å²) in [6, 6.07) is 5.89. The largest absolute Gasteiger partial charge is 0.493 e. The standard InChI is InChI=1S/C22H27N3O3S2/c1-14-15(2)25(11-18-6-5-9-28-18)22(23-14)30-13-17-12-29-21(24-17)16-7-8-19(26-3)20(10-16)27-4/h7-8,10,12,18H,5-6,9,11,13H2,1-4H3.